The van der Waals surface area contributed by atoms with Crippen molar-refractivity contribution in [1.29, 1.82) is 0 Å². The molecule has 18 heavy (non-hydrogen) atoms. The molecule has 0 spiro atoms. The van der Waals surface area contributed by atoms with Crippen LogP contribution in [0.3, 0.4) is 0 Å². The van der Waals surface area contributed by atoms with E-state index in [2.05, 4.69) is 12.2 Å². The summed E-state index contributed by atoms with van der Waals surface area (Å²) in [6.07, 6.45) is 3.62. The molecule has 0 amide bonds. The molecule has 4 heteroatoms. The Morgan fingerprint density at radius 1 is 1.39 bits per heavy atom. The summed E-state index contributed by atoms with van der Waals surface area (Å²) in [6.45, 7) is 3.81. The van der Waals surface area contributed by atoms with Gasteiger partial charge in [0.1, 0.15) is 0 Å². The first-order valence-corrected chi connectivity index (χ1v) is 7.28. The van der Waals surface area contributed by atoms with Crippen LogP contribution in [0.1, 0.15) is 37.8 Å². The molecular weight excluding hydrogens is 269 g/mol. The van der Waals surface area contributed by atoms with E-state index in [9.17, 15) is 0 Å². The van der Waals surface area contributed by atoms with Crippen molar-refractivity contribution in [3.8, 4) is 0 Å². The first-order valence-electron chi connectivity index (χ1n) is 6.53. The van der Waals surface area contributed by atoms with E-state index in [1.54, 1.807) is 0 Å². The van der Waals surface area contributed by atoms with Crippen molar-refractivity contribution in [1.82, 2.24) is 5.32 Å². The van der Waals surface area contributed by atoms with Gasteiger partial charge in [-0.05, 0) is 37.4 Å². The predicted molar refractivity (Wildman–Crippen MR) is 76.5 cm³/mol. The monoisotopic (exact) mass is 287 g/mol. The average Bonchev–Trinajstić information content (AvgIpc) is 2.41. The lowest BCUT2D eigenvalue weighted by atomic mass is 9.95. The zero-order valence-corrected chi connectivity index (χ0v) is 12.1. The Bertz CT molecular complexity index is 391. The van der Waals surface area contributed by atoms with Crippen LogP contribution < -0.4 is 5.32 Å². The first-order chi connectivity index (χ1) is 8.74. The van der Waals surface area contributed by atoms with E-state index in [1.165, 1.54) is 6.42 Å². The van der Waals surface area contributed by atoms with Crippen molar-refractivity contribution >= 4 is 23.2 Å². The number of ether oxygens (including phenoxy) is 1. The van der Waals surface area contributed by atoms with E-state index in [0.717, 1.165) is 31.6 Å². The largest absolute Gasteiger partial charge is 0.376 e. The minimum absolute atomic E-state index is 0.126. The van der Waals surface area contributed by atoms with E-state index in [4.69, 9.17) is 27.9 Å². The van der Waals surface area contributed by atoms with Gasteiger partial charge in [-0.15, -0.1) is 0 Å². The van der Waals surface area contributed by atoms with Crippen LogP contribution in [-0.2, 0) is 4.74 Å². The maximum Gasteiger partial charge on any atom is 0.0770 e. The molecule has 0 aromatic heterocycles. The second kappa shape index (κ2) is 6.76. The summed E-state index contributed by atoms with van der Waals surface area (Å²) < 4.78 is 5.88. The van der Waals surface area contributed by atoms with Crippen molar-refractivity contribution < 1.29 is 4.74 Å². The lowest BCUT2D eigenvalue weighted by Crippen LogP contribution is -2.36. The molecule has 1 saturated heterocycles. The van der Waals surface area contributed by atoms with E-state index in [-0.39, 0.29) is 12.1 Å². The third kappa shape index (κ3) is 3.18. The second-order valence-corrected chi connectivity index (χ2v) is 5.37. The fourth-order valence-electron chi connectivity index (χ4n) is 2.45. The van der Waals surface area contributed by atoms with E-state index >= 15 is 0 Å². The zero-order valence-electron chi connectivity index (χ0n) is 10.6. The summed E-state index contributed by atoms with van der Waals surface area (Å²) in [7, 11) is 0. The number of benzene rings is 1. The van der Waals surface area contributed by atoms with Gasteiger partial charge in [0.15, 0.2) is 0 Å². The van der Waals surface area contributed by atoms with Crippen molar-refractivity contribution in [2.24, 2.45) is 0 Å². The second-order valence-electron chi connectivity index (χ2n) is 4.58. The normalized spacial score (nSPS) is 21.8. The fourth-order valence-corrected chi connectivity index (χ4v) is 2.88. The summed E-state index contributed by atoms with van der Waals surface area (Å²) in [6, 6.07) is 5.91. The van der Waals surface area contributed by atoms with E-state index in [1.807, 2.05) is 18.2 Å². The summed E-state index contributed by atoms with van der Waals surface area (Å²) in [5, 5.41) is 4.71. The Labute approximate surface area is 119 Å². The lowest BCUT2D eigenvalue weighted by Gasteiger charge is -2.32. The number of hydrogen-bond donors (Lipinski definition) is 1. The predicted octanol–water partition coefficient (Wildman–Crippen LogP) is 4.21. The standard InChI is InChI=1S/C14H19Cl2NO/c1-2-17-14(12-8-3-4-9-18-12)10-6-5-7-11(15)13(10)16/h5-7,12,14,17H,2-4,8-9H2,1H3. The molecule has 2 nitrogen and oxygen atoms in total. The zero-order chi connectivity index (χ0) is 13.0. The molecule has 100 valence electrons. The highest BCUT2D eigenvalue weighted by atomic mass is 35.5. The first kappa shape index (κ1) is 14.1. The SMILES string of the molecule is CCNC(c1cccc(Cl)c1Cl)C1CCCCO1. The van der Waals surface area contributed by atoms with Gasteiger partial charge in [-0.25, -0.2) is 0 Å². The molecule has 2 unspecified atom stereocenters. The Balaban J connectivity index is 2.25. The summed E-state index contributed by atoms with van der Waals surface area (Å²) in [4.78, 5) is 0. The fraction of sp³-hybridized carbons (Fsp3) is 0.571. The summed E-state index contributed by atoms with van der Waals surface area (Å²) in [5.74, 6) is 0. The Morgan fingerprint density at radius 2 is 2.22 bits per heavy atom. The smallest absolute Gasteiger partial charge is 0.0770 e. The van der Waals surface area contributed by atoms with Crippen LogP contribution in [0.15, 0.2) is 18.2 Å². The van der Waals surface area contributed by atoms with Gasteiger partial charge in [-0.1, -0.05) is 42.3 Å². The highest BCUT2D eigenvalue weighted by molar-refractivity contribution is 6.42. The summed E-state index contributed by atoms with van der Waals surface area (Å²) in [5.41, 5.74) is 1.04. The highest BCUT2D eigenvalue weighted by Gasteiger charge is 2.27. The van der Waals surface area contributed by atoms with Crippen LogP contribution in [0.5, 0.6) is 0 Å². The van der Waals surface area contributed by atoms with Crippen LogP contribution in [0.2, 0.25) is 10.0 Å². The van der Waals surface area contributed by atoms with Crippen LogP contribution in [0.4, 0.5) is 0 Å². The molecule has 2 atom stereocenters. The number of rotatable bonds is 4. The highest BCUT2D eigenvalue weighted by Crippen LogP contribution is 2.34. The number of likely N-dealkylation sites (N-methyl/N-ethyl adjacent to an activating group) is 1. The molecule has 1 fully saturated rings. The Kier molecular flexibility index (Phi) is 5.31. The average molecular weight is 288 g/mol. The van der Waals surface area contributed by atoms with Crippen LogP contribution in [-0.4, -0.2) is 19.3 Å². The molecule has 1 N–H and O–H groups in total. The molecule has 2 rings (SSSR count). The molecule has 0 bridgehead atoms. The Morgan fingerprint density at radius 3 is 2.89 bits per heavy atom. The molecule has 1 aromatic rings. The minimum atomic E-state index is 0.126. The third-order valence-electron chi connectivity index (χ3n) is 3.33. The van der Waals surface area contributed by atoms with Crippen molar-refractivity contribution in [3.63, 3.8) is 0 Å². The maximum atomic E-state index is 6.32. The van der Waals surface area contributed by atoms with Crippen molar-refractivity contribution in [2.45, 2.75) is 38.3 Å². The molecule has 1 aliphatic heterocycles. The molecular formula is C14H19Cl2NO. The lowest BCUT2D eigenvalue weighted by molar-refractivity contribution is -0.00784. The number of hydrogen-bond acceptors (Lipinski definition) is 2. The van der Waals surface area contributed by atoms with Gasteiger partial charge in [-0.3, -0.25) is 0 Å². The van der Waals surface area contributed by atoms with Crippen LogP contribution >= 0.6 is 23.2 Å². The molecule has 1 aliphatic rings. The number of halogens is 2. The molecule has 1 aromatic carbocycles. The van der Waals surface area contributed by atoms with Gasteiger partial charge in [0.25, 0.3) is 0 Å². The van der Waals surface area contributed by atoms with Gasteiger partial charge >= 0.3 is 0 Å². The third-order valence-corrected chi connectivity index (χ3v) is 4.16. The quantitative estimate of drug-likeness (QED) is 0.896. The minimum Gasteiger partial charge on any atom is -0.376 e. The molecule has 0 radical (unpaired) electrons. The number of nitrogens with one attached hydrogen (secondary N) is 1. The van der Waals surface area contributed by atoms with Gasteiger partial charge < -0.3 is 10.1 Å². The van der Waals surface area contributed by atoms with E-state index < -0.39 is 0 Å². The van der Waals surface area contributed by atoms with Gasteiger partial charge in [0.2, 0.25) is 0 Å². The topological polar surface area (TPSA) is 21.3 Å². The van der Waals surface area contributed by atoms with Crippen LogP contribution in [0, 0.1) is 0 Å². The van der Waals surface area contributed by atoms with Gasteiger partial charge in [0, 0.05) is 6.61 Å². The van der Waals surface area contributed by atoms with Crippen LogP contribution in [0.25, 0.3) is 0 Å². The molecule has 1 heterocycles. The van der Waals surface area contributed by atoms with Crippen molar-refractivity contribution in [2.75, 3.05) is 13.2 Å². The Hall–Kier alpha value is -0.280. The maximum absolute atomic E-state index is 6.32. The van der Waals surface area contributed by atoms with Gasteiger partial charge in [0.05, 0.1) is 22.2 Å². The van der Waals surface area contributed by atoms with Gasteiger partial charge in [-0.2, -0.15) is 0 Å². The molecule has 0 saturated carbocycles. The summed E-state index contributed by atoms with van der Waals surface area (Å²) >= 11 is 12.4. The van der Waals surface area contributed by atoms with E-state index in [0.29, 0.717) is 10.0 Å². The van der Waals surface area contributed by atoms with Crippen molar-refractivity contribution in [3.05, 3.63) is 33.8 Å². The molecule has 0 aliphatic carbocycles.